The van der Waals surface area contributed by atoms with E-state index in [0.29, 0.717) is 11.3 Å². The SMILES string of the molecule is CNc1cc(C(=O)N(C(C)C)C2CCCNC2)c(C)cc1OC1(C=O)CCC1. The maximum atomic E-state index is 13.5. The number of piperidine rings is 1. The van der Waals surface area contributed by atoms with Gasteiger partial charge in [-0.1, -0.05) is 0 Å². The van der Waals surface area contributed by atoms with E-state index in [2.05, 4.69) is 24.5 Å². The molecule has 1 saturated heterocycles. The molecule has 0 bridgehead atoms. The lowest BCUT2D eigenvalue weighted by Gasteiger charge is -2.39. The van der Waals surface area contributed by atoms with Gasteiger partial charge in [-0.15, -0.1) is 0 Å². The third-order valence-corrected chi connectivity index (χ3v) is 6.01. The van der Waals surface area contributed by atoms with Crippen molar-refractivity contribution in [3.63, 3.8) is 0 Å². The normalized spacial score (nSPS) is 21.0. The number of anilines is 1. The molecule has 154 valence electrons. The number of hydrogen-bond donors (Lipinski definition) is 2. The summed E-state index contributed by atoms with van der Waals surface area (Å²) in [5, 5.41) is 6.55. The number of aryl methyl sites for hydroxylation is 1. The Morgan fingerprint density at radius 3 is 2.61 bits per heavy atom. The predicted molar refractivity (Wildman–Crippen MR) is 111 cm³/mol. The molecule has 28 heavy (non-hydrogen) atoms. The molecule has 1 atom stereocenters. The molecule has 1 heterocycles. The van der Waals surface area contributed by atoms with Gasteiger partial charge in [-0.25, -0.2) is 0 Å². The van der Waals surface area contributed by atoms with Crippen molar-refractivity contribution in [3.05, 3.63) is 23.3 Å². The maximum absolute atomic E-state index is 13.5. The average Bonchev–Trinajstić information content (AvgIpc) is 2.65. The third-order valence-electron chi connectivity index (χ3n) is 6.01. The fourth-order valence-electron chi connectivity index (χ4n) is 4.21. The molecule has 1 aliphatic carbocycles. The number of amides is 1. The van der Waals surface area contributed by atoms with E-state index in [4.69, 9.17) is 4.74 Å². The molecule has 3 rings (SSSR count). The Bertz CT molecular complexity index is 722. The van der Waals surface area contributed by atoms with E-state index in [1.807, 2.05) is 31.0 Å². The second-order valence-corrected chi connectivity index (χ2v) is 8.36. The maximum Gasteiger partial charge on any atom is 0.254 e. The van der Waals surface area contributed by atoms with E-state index in [9.17, 15) is 9.59 Å². The summed E-state index contributed by atoms with van der Waals surface area (Å²) in [6.45, 7) is 7.94. The molecule has 0 spiro atoms. The Labute approximate surface area is 168 Å². The largest absolute Gasteiger partial charge is 0.478 e. The van der Waals surface area contributed by atoms with Crippen molar-refractivity contribution in [1.29, 1.82) is 0 Å². The van der Waals surface area contributed by atoms with E-state index >= 15 is 0 Å². The second kappa shape index (κ2) is 8.52. The molecule has 2 N–H and O–H groups in total. The first kappa shape index (κ1) is 20.6. The number of benzene rings is 1. The highest BCUT2D eigenvalue weighted by Crippen LogP contribution is 2.39. The molecule has 2 aliphatic rings. The predicted octanol–water partition coefficient (Wildman–Crippen LogP) is 3.14. The number of nitrogens with zero attached hydrogens (tertiary/aromatic N) is 1. The Kier molecular flexibility index (Phi) is 6.28. The van der Waals surface area contributed by atoms with Crippen LogP contribution in [-0.2, 0) is 4.79 Å². The fraction of sp³-hybridized carbons (Fsp3) is 0.636. The zero-order valence-corrected chi connectivity index (χ0v) is 17.5. The monoisotopic (exact) mass is 387 g/mol. The molecule has 1 aromatic rings. The van der Waals surface area contributed by atoms with Crippen LogP contribution < -0.4 is 15.4 Å². The van der Waals surface area contributed by atoms with Crippen LogP contribution in [-0.4, -0.2) is 54.9 Å². The van der Waals surface area contributed by atoms with Crippen LogP contribution in [0.5, 0.6) is 5.75 Å². The number of ether oxygens (including phenoxy) is 1. The Morgan fingerprint density at radius 1 is 1.36 bits per heavy atom. The summed E-state index contributed by atoms with van der Waals surface area (Å²) >= 11 is 0. The van der Waals surface area contributed by atoms with Crippen LogP contribution in [0.15, 0.2) is 12.1 Å². The fourth-order valence-corrected chi connectivity index (χ4v) is 4.21. The molecular formula is C22H33N3O3. The Balaban J connectivity index is 1.90. The number of aldehydes is 1. The topological polar surface area (TPSA) is 70.7 Å². The summed E-state index contributed by atoms with van der Waals surface area (Å²) in [6, 6.07) is 4.10. The van der Waals surface area contributed by atoms with E-state index in [1.54, 1.807) is 0 Å². The Hall–Kier alpha value is -2.08. The molecule has 1 aliphatic heterocycles. The van der Waals surface area contributed by atoms with Crippen LogP contribution in [0.2, 0.25) is 0 Å². The molecule has 2 fully saturated rings. The minimum absolute atomic E-state index is 0.0537. The van der Waals surface area contributed by atoms with Crippen LogP contribution in [0.4, 0.5) is 5.69 Å². The summed E-state index contributed by atoms with van der Waals surface area (Å²) in [5.41, 5.74) is 1.59. The molecule has 6 nitrogen and oxygen atoms in total. The standard InChI is InChI=1S/C22H33N3O3/c1-15(2)25(17-7-5-10-24-13-17)21(27)18-12-19(23-4)20(11-16(18)3)28-22(14-26)8-6-9-22/h11-12,14-15,17,23-24H,5-10,13H2,1-4H3. The van der Waals surface area contributed by atoms with E-state index in [-0.39, 0.29) is 18.0 Å². The summed E-state index contributed by atoms with van der Waals surface area (Å²) < 4.78 is 6.08. The minimum atomic E-state index is -0.707. The lowest BCUT2D eigenvalue weighted by molar-refractivity contribution is -0.128. The Morgan fingerprint density at radius 2 is 2.11 bits per heavy atom. The quantitative estimate of drug-likeness (QED) is 0.704. The zero-order valence-electron chi connectivity index (χ0n) is 17.5. The second-order valence-electron chi connectivity index (χ2n) is 8.36. The van der Waals surface area contributed by atoms with Gasteiger partial charge in [0.1, 0.15) is 5.75 Å². The number of carbonyl (C=O) groups excluding carboxylic acids is 2. The van der Waals surface area contributed by atoms with Crippen molar-refractivity contribution in [2.24, 2.45) is 0 Å². The van der Waals surface area contributed by atoms with Gasteiger partial charge >= 0.3 is 0 Å². The zero-order chi connectivity index (χ0) is 20.3. The summed E-state index contributed by atoms with van der Waals surface area (Å²) in [4.78, 5) is 27.0. The summed E-state index contributed by atoms with van der Waals surface area (Å²) in [6.07, 6.45) is 5.52. The van der Waals surface area contributed by atoms with Gasteiger partial charge in [-0.05, 0) is 77.1 Å². The first-order valence-corrected chi connectivity index (χ1v) is 10.4. The van der Waals surface area contributed by atoms with Crippen LogP contribution >= 0.6 is 0 Å². The number of nitrogens with one attached hydrogen (secondary N) is 2. The summed E-state index contributed by atoms with van der Waals surface area (Å²) in [5.74, 6) is 0.691. The van der Waals surface area contributed by atoms with Gasteiger partial charge < -0.3 is 20.3 Å². The van der Waals surface area contributed by atoms with E-state index in [0.717, 1.165) is 62.7 Å². The highest BCUT2D eigenvalue weighted by atomic mass is 16.5. The van der Waals surface area contributed by atoms with E-state index in [1.165, 1.54) is 0 Å². The lowest BCUT2D eigenvalue weighted by Crippen LogP contribution is -2.51. The molecule has 1 amide bonds. The number of carbonyl (C=O) groups is 2. The molecule has 6 heteroatoms. The van der Waals surface area contributed by atoms with Crippen molar-refractivity contribution < 1.29 is 14.3 Å². The highest BCUT2D eigenvalue weighted by molar-refractivity contribution is 5.97. The van der Waals surface area contributed by atoms with Gasteiger partial charge in [0.25, 0.3) is 5.91 Å². The number of rotatable bonds is 7. The molecule has 1 aromatic carbocycles. The molecule has 0 aromatic heterocycles. The summed E-state index contributed by atoms with van der Waals surface area (Å²) in [7, 11) is 1.81. The van der Waals surface area contributed by atoms with Gasteiger partial charge in [-0.3, -0.25) is 9.59 Å². The van der Waals surface area contributed by atoms with Crippen molar-refractivity contribution in [1.82, 2.24) is 10.2 Å². The van der Waals surface area contributed by atoms with Crippen LogP contribution in [0.25, 0.3) is 0 Å². The van der Waals surface area contributed by atoms with Crippen LogP contribution in [0, 0.1) is 6.92 Å². The van der Waals surface area contributed by atoms with Crippen molar-refractivity contribution >= 4 is 17.9 Å². The van der Waals surface area contributed by atoms with Crippen molar-refractivity contribution in [2.45, 2.75) is 70.6 Å². The first-order valence-electron chi connectivity index (χ1n) is 10.4. The smallest absolute Gasteiger partial charge is 0.254 e. The van der Waals surface area contributed by atoms with Gasteiger partial charge in [0.2, 0.25) is 0 Å². The highest BCUT2D eigenvalue weighted by Gasteiger charge is 2.40. The van der Waals surface area contributed by atoms with Gasteiger partial charge in [0.05, 0.1) is 5.69 Å². The van der Waals surface area contributed by atoms with Crippen LogP contribution in [0.1, 0.15) is 61.9 Å². The first-order chi connectivity index (χ1) is 13.4. The lowest BCUT2D eigenvalue weighted by atomic mass is 9.81. The molecular weight excluding hydrogens is 354 g/mol. The average molecular weight is 388 g/mol. The van der Waals surface area contributed by atoms with Crippen molar-refractivity contribution in [2.75, 3.05) is 25.5 Å². The van der Waals surface area contributed by atoms with Crippen LogP contribution in [0.3, 0.4) is 0 Å². The van der Waals surface area contributed by atoms with Gasteiger partial charge in [0.15, 0.2) is 11.9 Å². The van der Waals surface area contributed by atoms with Crippen molar-refractivity contribution in [3.8, 4) is 5.75 Å². The molecule has 1 saturated carbocycles. The molecule has 1 unspecified atom stereocenters. The third kappa shape index (κ3) is 4.02. The van der Waals surface area contributed by atoms with E-state index < -0.39 is 5.60 Å². The van der Waals surface area contributed by atoms with Gasteiger partial charge in [0, 0.05) is 31.2 Å². The molecule has 0 radical (unpaired) electrons. The van der Waals surface area contributed by atoms with Gasteiger partial charge in [-0.2, -0.15) is 0 Å². The number of hydrogen-bond acceptors (Lipinski definition) is 5. The minimum Gasteiger partial charge on any atom is -0.478 e.